The Labute approximate surface area is 171 Å². The van der Waals surface area contributed by atoms with Crippen LogP contribution in [0.2, 0.25) is 0 Å². The molecule has 2 saturated heterocycles. The minimum absolute atomic E-state index is 0.0816. The molecule has 5 nitrogen and oxygen atoms in total. The molecule has 2 fully saturated rings. The fourth-order valence-electron chi connectivity index (χ4n) is 5.42. The number of piperidine rings is 2. The number of hydrogen-bond donors (Lipinski definition) is 1. The Balaban J connectivity index is 1.30. The lowest BCUT2D eigenvalue weighted by Crippen LogP contribution is -2.57. The molecule has 0 unspecified atom stereocenters. The van der Waals surface area contributed by atoms with E-state index in [1.165, 1.54) is 6.42 Å². The Bertz CT molecular complexity index is 927. The number of aromatic amines is 1. The molecule has 0 spiro atoms. The summed E-state index contributed by atoms with van der Waals surface area (Å²) in [6.45, 7) is 2.34. The number of benzene rings is 1. The average molecular weight is 392 g/mol. The lowest BCUT2D eigenvalue weighted by Gasteiger charge is -2.47. The number of aromatic nitrogens is 1. The summed E-state index contributed by atoms with van der Waals surface area (Å²) in [5.41, 5.74) is 2.69. The zero-order valence-electron chi connectivity index (χ0n) is 16.9. The van der Waals surface area contributed by atoms with Crippen LogP contribution in [0, 0.1) is 5.92 Å². The molecule has 1 aliphatic carbocycles. The normalized spacial score (nSPS) is 24.9. The van der Waals surface area contributed by atoms with Crippen LogP contribution in [0.4, 0.5) is 0 Å². The molecule has 3 aliphatic rings. The van der Waals surface area contributed by atoms with E-state index in [0.29, 0.717) is 11.6 Å². The Morgan fingerprint density at radius 3 is 2.72 bits per heavy atom. The summed E-state index contributed by atoms with van der Waals surface area (Å²) in [5.74, 6) is 0.729. The summed E-state index contributed by atoms with van der Waals surface area (Å²) >= 11 is 0. The van der Waals surface area contributed by atoms with Crippen LogP contribution in [0.5, 0.6) is 0 Å². The first-order valence-electron chi connectivity index (χ1n) is 11.1. The monoisotopic (exact) mass is 391 g/mol. The van der Waals surface area contributed by atoms with Crippen LogP contribution < -0.4 is 0 Å². The maximum atomic E-state index is 13.1. The fourth-order valence-corrected chi connectivity index (χ4v) is 5.42. The van der Waals surface area contributed by atoms with E-state index in [1.807, 2.05) is 35.2 Å². The predicted molar refractivity (Wildman–Crippen MR) is 114 cm³/mol. The van der Waals surface area contributed by atoms with Gasteiger partial charge < -0.3 is 14.8 Å². The van der Waals surface area contributed by atoms with Crippen molar-refractivity contribution in [3.63, 3.8) is 0 Å². The van der Waals surface area contributed by atoms with Crippen LogP contribution >= 0.6 is 0 Å². The molecular weight excluding hydrogens is 362 g/mol. The molecule has 5 heteroatoms. The molecule has 0 radical (unpaired) electrons. The van der Waals surface area contributed by atoms with Gasteiger partial charge in [-0.2, -0.15) is 0 Å². The number of carbonyl (C=O) groups is 2. The molecule has 1 N–H and O–H groups in total. The Kier molecular flexibility index (Phi) is 4.90. The number of rotatable bonds is 2. The summed E-state index contributed by atoms with van der Waals surface area (Å²) in [7, 11) is 0. The molecule has 2 amide bonds. The molecule has 0 bridgehead atoms. The molecule has 3 heterocycles. The summed E-state index contributed by atoms with van der Waals surface area (Å²) in [4.78, 5) is 33.6. The summed E-state index contributed by atoms with van der Waals surface area (Å²) in [5, 5.41) is 1.07. The number of hydrogen-bond acceptors (Lipinski definition) is 2. The molecule has 1 aromatic carbocycles. The van der Waals surface area contributed by atoms with Crippen molar-refractivity contribution < 1.29 is 9.59 Å². The molecule has 1 aromatic heterocycles. The van der Waals surface area contributed by atoms with Gasteiger partial charge in [-0.3, -0.25) is 9.59 Å². The fraction of sp³-hybridized carbons (Fsp3) is 0.500. The van der Waals surface area contributed by atoms with E-state index in [9.17, 15) is 9.59 Å². The van der Waals surface area contributed by atoms with Crippen LogP contribution in [0.1, 0.15) is 55.4 Å². The number of carbonyl (C=O) groups excluding carboxylic acids is 2. The van der Waals surface area contributed by atoms with Gasteiger partial charge in [0.1, 0.15) is 5.69 Å². The van der Waals surface area contributed by atoms with Crippen molar-refractivity contribution in [3.8, 4) is 0 Å². The van der Waals surface area contributed by atoms with Crippen molar-refractivity contribution in [1.82, 2.24) is 14.8 Å². The van der Waals surface area contributed by atoms with Gasteiger partial charge in [0.2, 0.25) is 5.91 Å². The van der Waals surface area contributed by atoms with Gasteiger partial charge in [0.25, 0.3) is 5.91 Å². The summed E-state index contributed by atoms with van der Waals surface area (Å²) < 4.78 is 0. The van der Waals surface area contributed by atoms with E-state index in [-0.39, 0.29) is 17.9 Å². The number of nitrogens with one attached hydrogen (secondary N) is 1. The third kappa shape index (κ3) is 3.47. The smallest absolute Gasteiger partial charge is 0.270 e. The largest absolute Gasteiger partial charge is 0.351 e. The van der Waals surface area contributed by atoms with Crippen LogP contribution in [-0.4, -0.2) is 52.3 Å². The second kappa shape index (κ2) is 7.69. The molecular formula is C24H29N3O2. The van der Waals surface area contributed by atoms with Gasteiger partial charge in [-0.15, -0.1) is 0 Å². The standard InChI is InChI=1S/C24H29N3O2/c28-23(17-7-2-1-3-8-17)27-13-6-10-19-16-26(14-12-22(19)27)24(29)21-15-18-9-4-5-11-20(18)25-21/h4-5,7,9,11,15,19,22,25H,1-3,6,8,10,12-14,16H2/t19-,22+/m1/s1. The van der Waals surface area contributed by atoms with Gasteiger partial charge >= 0.3 is 0 Å². The Morgan fingerprint density at radius 1 is 1.00 bits per heavy atom. The minimum Gasteiger partial charge on any atom is -0.351 e. The maximum Gasteiger partial charge on any atom is 0.270 e. The van der Waals surface area contributed by atoms with E-state index < -0.39 is 0 Å². The first kappa shape index (κ1) is 18.5. The molecule has 2 atom stereocenters. The number of nitrogens with zero attached hydrogens (tertiary/aromatic N) is 2. The van der Waals surface area contributed by atoms with Gasteiger partial charge in [-0.1, -0.05) is 24.3 Å². The molecule has 5 rings (SSSR count). The highest BCUT2D eigenvalue weighted by atomic mass is 16.2. The third-order valence-corrected chi connectivity index (χ3v) is 6.94. The number of H-pyrrole nitrogens is 1. The summed E-state index contributed by atoms with van der Waals surface area (Å²) in [6, 6.07) is 10.2. The van der Waals surface area contributed by atoms with Crippen molar-refractivity contribution >= 4 is 22.7 Å². The van der Waals surface area contributed by atoms with Crippen LogP contribution in [0.3, 0.4) is 0 Å². The van der Waals surface area contributed by atoms with Gasteiger partial charge in [0.15, 0.2) is 0 Å². The SMILES string of the molecule is O=C(c1cc2ccccc2[nH]1)N1CC[C@H]2[C@H](CCCN2C(=O)C2=CCCCC2)C1. The van der Waals surface area contributed by atoms with Crippen LogP contribution in [0.15, 0.2) is 42.0 Å². The van der Waals surface area contributed by atoms with E-state index in [0.717, 1.165) is 74.6 Å². The maximum absolute atomic E-state index is 13.1. The van der Waals surface area contributed by atoms with Crippen molar-refractivity contribution in [2.24, 2.45) is 5.92 Å². The minimum atomic E-state index is 0.0816. The number of allylic oxidation sites excluding steroid dienone is 1. The quantitative estimate of drug-likeness (QED) is 0.837. The van der Waals surface area contributed by atoms with Gasteiger partial charge in [0, 0.05) is 42.2 Å². The van der Waals surface area contributed by atoms with E-state index >= 15 is 0 Å². The molecule has 29 heavy (non-hydrogen) atoms. The summed E-state index contributed by atoms with van der Waals surface area (Å²) in [6.07, 6.45) is 9.48. The predicted octanol–water partition coefficient (Wildman–Crippen LogP) is 4.12. The van der Waals surface area contributed by atoms with Gasteiger partial charge in [-0.25, -0.2) is 0 Å². The molecule has 152 valence electrons. The van der Waals surface area contributed by atoms with Crippen molar-refractivity contribution in [1.29, 1.82) is 0 Å². The highest BCUT2D eigenvalue weighted by Crippen LogP contribution is 2.33. The van der Waals surface area contributed by atoms with Crippen LogP contribution in [0.25, 0.3) is 10.9 Å². The zero-order valence-corrected chi connectivity index (χ0v) is 16.9. The second-order valence-corrected chi connectivity index (χ2v) is 8.75. The Morgan fingerprint density at radius 2 is 1.90 bits per heavy atom. The van der Waals surface area contributed by atoms with Crippen molar-refractivity contribution in [3.05, 3.63) is 47.7 Å². The van der Waals surface area contributed by atoms with Crippen molar-refractivity contribution in [2.45, 2.75) is 51.0 Å². The number of likely N-dealkylation sites (tertiary alicyclic amines) is 2. The molecule has 2 aromatic rings. The molecule has 2 aliphatic heterocycles. The van der Waals surface area contributed by atoms with Gasteiger partial charge in [0.05, 0.1) is 0 Å². The first-order chi connectivity index (χ1) is 14.2. The topological polar surface area (TPSA) is 56.4 Å². The van der Waals surface area contributed by atoms with Gasteiger partial charge in [-0.05, 0) is 63.0 Å². The third-order valence-electron chi connectivity index (χ3n) is 6.94. The molecule has 0 saturated carbocycles. The second-order valence-electron chi connectivity index (χ2n) is 8.75. The lowest BCUT2D eigenvalue weighted by atomic mass is 9.83. The average Bonchev–Trinajstić information content (AvgIpc) is 3.22. The highest BCUT2D eigenvalue weighted by molar-refractivity contribution is 5.98. The lowest BCUT2D eigenvalue weighted by molar-refractivity contribution is -0.134. The highest BCUT2D eigenvalue weighted by Gasteiger charge is 2.40. The Hall–Kier alpha value is -2.56. The van der Waals surface area contributed by atoms with E-state index in [4.69, 9.17) is 0 Å². The first-order valence-corrected chi connectivity index (χ1v) is 11.1. The van der Waals surface area contributed by atoms with Crippen LogP contribution in [-0.2, 0) is 4.79 Å². The number of amides is 2. The van der Waals surface area contributed by atoms with Crippen molar-refractivity contribution in [2.75, 3.05) is 19.6 Å². The number of para-hydroxylation sites is 1. The number of fused-ring (bicyclic) bond motifs is 2. The zero-order chi connectivity index (χ0) is 19.8. The van der Waals surface area contributed by atoms with E-state index in [1.54, 1.807) is 0 Å². The van der Waals surface area contributed by atoms with E-state index in [2.05, 4.69) is 16.0 Å².